The van der Waals surface area contributed by atoms with Crippen molar-refractivity contribution in [2.45, 2.75) is 31.5 Å². The summed E-state index contributed by atoms with van der Waals surface area (Å²) in [5.74, 6) is 1.70. The second-order valence-electron chi connectivity index (χ2n) is 7.56. The Balaban J connectivity index is 1.41. The topological polar surface area (TPSA) is 59.8 Å². The van der Waals surface area contributed by atoms with E-state index in [1.165, 1.54) is 0 Å². The van der Waals surface area contributed by atoms with Crippen molar-refractivity contribution in [1.82, 2.24) is 14.5 Å². The third kappa shape index (κ3) is 3.84. The van der Waals surface area contributed by atoms with Crippen LogP contribution in [0.4, 0.5) is 0 Å². The molecule has 28 heavy (non-hydrogen) atoms. The van der Waals surface area contributed by atoms with Crippen LogP contribution in [0.2, 0.25) is 0 Å². The Kier molecular flexibility index (Phi) is 5.24. The first kappa shape index (κ1) is 18.8. The van der Waals surface area contributed by atoms with Gasteiger partial charge in [-0.3, -0.25) is 9.88 Å². The van der Waals surface area contributed by atoms with Gasteiger partial charge in [-0.15, -0.1) is 0 Å². The number of nitrogens with zero attached hydrogens (tertiary/aromatic N) is 3. The highest BCUT2D eigenvalue weighted by molar-refractivity contribution is 5.78. The van der Waals surface area contributed by atoms with Crippen molar-refractivity contribution < 1.29 is 14.6 Å². The number of pyridine rings is 1. The first-order valence-electron chi connectivity index (χ1n) is 9.65. The van der Waals surface area contributed by atoms with Crippen LogP contribution in [0.15, 0.2) is 48.9 Å². The lowest BCUT2D eigenvalue weighted by molar-refractivity contribution is -0.0350. The molecular formula is C22H27N3O3. The van der Waals surface area contributed by atoms with E-state index < -0.39 is 5.60 Å². The molecule has 0 atom stereocenters. The average molecular weight is 381 g/mol. The summed E-state index contributed by atoms with van der Waals surface area (Å²) in [6.45, 7) is 3.06. The van der Waals surface area contributed by atoms with Crippen LogP contribution < -0.4 is 9.47 Å². The van der Waals surface area contributed by atoms with Crippen LogP contribution >= 0.6 is 0 Å². The van der Waals surface area contributed by atoms with E-state index >= 15 is 0 Å². The highest BCUT2D eigenvalue weighted by Gasteiger charge is 2.33. The number of rotatable bonds is 6. The Bertz CT molecular complexity index is 945. The lowest BCUT2D eigenvalue weighted by Crippen LogP contribution is -2.46. The second kappa shape index (κ2) is 7.81. The molecule has 1 N–H and O–H groups in total. The third-order valence-corrected chi connectivity index (χ3v) is 5.71. The fourth-order valence-electron chi connectivity index (χ4n) is 4.02. The number of hydrogen-bond donors (Lipinski definition) is 1. The molecule has 0 amide bonds. The van der Waals surface area contributed by atoms with Gasteiger partial charge in [-0.1, -0.05) is 0 Å². The van der Waals surface area contributed by atoms with Gasteiger partial charge in [0.05, 0.1) is 38.1 Å². The molecule has 3 heterocycles. The zero-order valence-corrected chi connectivity index (χ0v) is 16.5. The largest absolute Gasteiger partial charge is 0.497 e. The Hall–Kier alpha value is -2.57. The first-order chi connectivity index (χ1) is 13.6. The number of methoxy groups -OCH3 is 2. The number of likely N-dealkylation sites (tertiary alicyclic amines) is 1. The van der Waals surface area contributed by atoms with Gasteiger partial charge in [0, 0.05) is 43.0 Å². The van der Waals surface area contributed by atoms with Gasteiger partial charge in [0.15, 0.2) is 0 Å². The maximum atomic E-state index is 11.2. The summed E-state index contributed by atoms with van der Waals surface area (Å²) in [5.41, 5.74) is 1.48. The Morgan fingerprint density at radius 3 is 2.68 bits per heavy atom. The number of aliphatic hydroxyl groups is 1. The van der Waals surface area contributed by atoms with Gasteiger partial charge in [-0.05, 0) is 43.2 Å². The number of hydrogen-bond acceptors (Lipinski definition) is 5. The van der Waals surface area contributed by atoms with Gasteiger partial charge in [-0.2, -0.15) is 0 Å². The minimum atomic E-state index is -0.698. The summed E-state index contributed by atoms with van der Waals surface area (Å²) in [5, 5.41) is 12.3. The van der Waals surface area contributed by atoms with E-state index in [9.17, 15) is 5.11 Å². The number of piperidine rings is 1. The van der Waals surface area contributed by atoms with Crippen LogP contribution in [0, 0.1) is 0 Å². The van der Waals surface area contributed by atoms with Crippen molar-refractivity contribution in [3.8, 4) is 11.5 Å². The Morgan fingerprint density at radius 1 is 1.11 bits per heavy atom. The molecule has 1 saturated heterocycles. The van der Waals surface area contributed by atoms with Crippen molar-refractivity contribution in [2.24, 2.45) is 0 Å². The molecule has 1 aromatic carbocycles. The van der Waals surface area contributed by atoms with Crippen LogP contribution in [0.25, 0.3) is 10.9 Å². The summed E-state index contributed by atoms with van der Waals surface area (Å²) < 4.78 is 13.0. The molecule has 1 fully saturated rings. The lowest BCUT2D eigenvalue weighted by Gasteiger charge is -2.38. The van der Waals surface area contributed by atoms with Gasteiger partial charge >= 0.3 is 0 Å². The monoisotopic (exact) mass is 381 g/mol. The molecule has 1 aliphatic heterocycles. The number of benzene rings is 1. The van der Waals surface area contributed by atoms with Crippen LogP contribution in [-0.2, 0) is 13.1 Å². The van der Waals surface area contributed by atoms with Gasteiger partial charge in [0.25, 0.3) is 0 Å². The molecule has 0 spiro atoms. The van der Waals surface area contributed by atoms with E-state index in [4.69, 9.17) is 9.47 Å². The molecule has 0 unspecified atom stereocenters. The predicted octanol–water partition coefficient (Wildman–Crippen LogP) is 3.08. The smallest absolute Gasteiger partial charge is 0.123 e. The first-order valence-corrected chi connectivity index (χ1v) is 9.65. The second-order valence-corrected chi connectivity index (χ2v) is 7.56. The van der Waals surface area contributed by atoms with Crippen molar-refractivity contribution >= 4 is 10.9 Å². The predicted molar refractivity (Wildman–Crippen MR) is 109 cm³/mol. The zero-order valence-electron chi connectivity index (χ0n) is 16.5. The molecule has 3 aromatic rings. The number of ether oxygens (including phenoxy) is 2. The minimum absolute atomic E-state index is 0.596. The van der Waals surface area contributed by atoms with Crippen LogP contribution in [0.1, 0.15) is 18.4 Å². The van der Waals surface area contributed by atoms with Gasteiger partial charge in [0.1, 0.15) is 11.5 Å². The molecule has 0 bridgehead atoms. The number of fused-ring (bicyclic) bond motifs is 1. The zero-order chi connectivity index (χ0) is 19.6. The summed E-state index contributed by atoms with van der Waals surface area (Å²) in [4.78, 5) is 6.58. The normalized spacial score (nSPS) is 17.0. The van der Waals surface area contributed by atoms with Crippen LogP contribution in [-0.4, -0.2) is 52.5 Å². The molecule has 148 valence electrons. The molecule has 4 rings (SSSR count). The summed E-state index contributed by atoms with van der Waals surface area (Å²) in [7, 11) is 3.36. The van der Waals surface area contributed by atoms with E-state index in [1.54, 1.807) is 20.4 Å². The van der Waals surface area contributed by atoms with Gasteiger partial charge in [-0.25, -0.2) is 0 Å². The molecule has 2 aromatic heterocycles. The molecule has 6 nitrogen and oxygen atoms in total. The SMILES string of the molecule is COc1ccc(OC)c(CN2CCC(O)(Cn3ccc4ccncc43)CC2)c1. The van der Waals surface area contributed by atoms with Crippen molar-refractivity contribution in [1.29, 1.82) is 0 Å². The molecule has 0 radical (unpaired) electrons. The van der Waals surface area contributed by atoms with E-state index in [0.29, 0.717) is 6.54 Å². The third-order valence-electron chi connectivity index (χ3n) is 5.71. The molecule has 0 aliphatic carbocycles. The standard InChI is InChI=1S/C22H27N3O3/c1-27-19-3-4-21(28-2)18(13-19)15-24-11-7-22(26,8-12-24)16-25-10-6-17-5-9-23-14-20(17)25/h3-6,9-10,13-14,26H,7-8,11-12,15-16H2,1-2H3. The van der Waals surface area contributed by atoms with E-state index in [1.807, 2.05) is 36.7 Å². The molecule has 0 saturated carbocycles. The molecule has 1 aliphatic rings. The van der Waals surface area contributed by atoms with Crippen molar-refractivity contribution in [2.75, 3.05) is 27.3 Å². The van der Waals surface area contributed by atoms with E-state index in [-0.39, 0.29) is 0 Å². The summed E-state index contributed by atoms with van der Waals surface area (Å²) >= 11 is 0. The van der Waals surface area contributed by atoms with E-state index in [0.717, 1.165) is 60.4 Å². The summed E-state index contributed by atoms with van der Waals surface area (Å²) in [6.07, 6.45) is 7.17. The fraction of sp³-hybridized carbons (Fsp3) is 0.409. The summed E-state index contributed by atoms with van der Waals surface area (Å²) in [6, 6.07) is 9.95. The minimum Gasteiger partial charge on any atom is -0.497 e. The van der Waals surface area contributed by atoms with Crippen LogP contribution in [0.5, 0.6) is 11.5 Å². The van der Waals surface area contributed by atoms with Crippen LogP contribution in [0.3, 0.4) is 0 Å². The quantitative estimate of drug-likeness (QED) is 0.711. The van der Waals surface area contributed by atoms with Crippen molar-refractivity contribution in [3.05, 3.63) is 54.5 Å². The maximum absolute atomic E-state index is 11.2. The molecule has 6 heteroatoms. The number of aromatic nitrogens is 2. The molecular weight excluding hydrogens is 354 g/mol. The Labute approximate surface area is 165 Å². The average Bonchev–Trinajstić information content (AvgIpc) is 3.12. The van der Waals surface area contributed by atoms with Gasteiger partial charge < -0.3 is 19.1 Å². The van der Waals surface area contributed by atoms with Gasteiger partial charge in [0.2, 0.25) is 0 Å². The Morgan fingerprint density at radius 2 is 1.93 bits per heavy atom. The maximum Gasteiger partial charge on any atom is 0.123 e. The highest BCUT2D eigenvalue weighted by Crippen LogP contribution is 2.30. The highest BCUT2D eigenvalue weighted by atomic mass is 16.5. The lowest BCUT2D eigenvalue weighted by atomic mass is 9.91. The van der Waals surface area contributed by atoms with E-state index in [2.05, 4.69) is 20.5 Å². The van der Waals surface area contributed by atoms with Crippen molar-refractivity contribution in [3.63, 3.8) is 0 Å². The fourth-order valence-corrected chi connectivity index (χ4v) is 4.02.